The smallest absolute Gasteiger partial charge is 0.256 e. The van der Waals surface area contributed by atoms with Crippen molar-refractivity contribution in [2.75, 3.05) is 58.1 Å². The van der Waals surface area contributed by atoms with Gasteiger partial charge in [0.1, 0.15) is 11.3 Å². The second-order valence-electron chi connectivity index (χ2n) is 10.4. The highest BCUT2D eigenvalue weighted by atomic mass is 16.5. The number of carbonyl (C=O) groups is 1. The van der Waals surface area contributed by atoms with Crippen molar-refractivity contribution in [2.45, 2.75) is 52.7 Å². The van der Waals surface area contributed by atoms with Crippen molar-refractivity contribution in [1.82, 2.24) is 20.2 Å². The topological polar surface area (TPSA) is 122 Å². The molecule has 2 aliphatic rings. The number of methoxy groups -OCH3 is 1. The molecule has 1 amide bonds. The Kier molecular flexibility index (Phi) is 8.72. The van der Waals surface area contributed by atoms with Crippen LogP contribution in [0.25, 0.3) is 11.1 Å². The van der Waals surface area contributed by atoms with Gasteiger partial charge in [-0.05, 0) is 45.2 Å². The van der Waals surface area contributed by atoms with Gasteiger partial charge in [-0.3, -0.25) is 14.5 Å². The molecule has 2 aromatic heterocycles. The van der Waals surface area contributed by atoms with Crippen molar-refractivity contribution in [3.8, 4) is 5.75 Å². The highest BCUT2D eigenvalue weighted by Crippen LogP contribution is 2.34. The predicted octanol–water partition coefficient (Wildman–Crippen LogP) is 2.91. The molecule has 4 heterocycles. The van der Waals surface area contributed by atoms with Gasteiger partial charge in [-0.25, -0.2) is 4.98 Å². The lowest BCUT2D eigenvalue weighted by molar-refractivity contribution is 0.0308. The summed E-state index contributed by atoms with van der Waals surface area (Å²) in [6, 6.07) is 4.07. The zero-order valence-corrected chi connectivity index (χ0v) is 23.8. The Morgan fingerprint density at radius 3 is 2.60 bits per heavy atom. The summed E-state index contributed by atoms with van der Waals surface area (Å²) in [5.41, 5.74) is 4.08. The third-order valence-corrected chi connectivity index (χ3v) is 7.81. The second kappa shape index (κ2) is 12.4. The number of ether oxygens (including phenoxy) is 3. The van der Waals surface area contributed by atoms with Crippen LogP contribution in [0.1, 0.15) is 52.8 Å². The monoisotopic (exact) mass is 553 g/mol. The summed E-state index contributed by atoms with van der Waals surface area (Å²) >= 11 is 0. The molecule has 2 aliphatic heterocycles. The maximum Gasteiger partial charge on any atom is 0.256 e. The number of amides is 1. The van der Waals surface area contributed by atoms with Gasteiger partial charge in [-0.2, -0.15) is 0 Å². The summed E-state index contributed by atoms with van der Waals surface area (Å²) in [7, 11) is 1.51. The molecule has 2 N–H and O–H groups in total. The van der Waals surface area contributed by atoms with E-state index >= 15 is 0 Å². The zero-order valence-electron chi connectivity index (χ0n) is 23.8. The number of H-pyrrole nitrogens is 1. The summed E-state index contributed by atoms with van der Waals surface area (Å²) < 4.78 is 22.8. The molecular weight excluding hydrogens is 514 g/mol. The van der Waals surface area contributed by atoms with Gasteiger partial charge in [0.15, 0.2) is 5.58 Å². The van der Waals surface area contributed by atoms with Crippen LogP contribution in [0.3, 0.4) is 0 Å². The number of morpholine rings is 1. The van der Waals surface area contributed by atoms with E-state index in [1.54, 1.807) is 13.0 Å². The fraction of sp³-hybridized carbons (Fsp3) is 0.552. The van der Waals surface area contributed by atoms with Crippen molar-refractivity contribution < 1.29 is 23.4 Å². The maximum atomic E-state index is 13.9. The number of pyridine rings is 1. The molecule has 2 saturated heterocycles. The summed E-state index contributed by atoms with van der Waals surface area (Å²) in [6.07, 6.45) is 1.84. The lowest BCUT2D eigenvalue weighted by atomic mass is 9.99. The number of oxazole rings is 1. The molecule has 0 saturated carbocycles. The largest absolute Gasteiger partial charge is 0.496 e. The highest BCUT2D eigenvalue weighted by molar-refractivity contribution is 6.07. The van der Waals surface area contributed by atoms with Crippen LogP contribution in [0.15, 0.2) is 21.3 Å². The summed E-state index contributed by atoms with van der Waals surface area (Å²) in [5, 5.41) is 2.95. The van der Waals surface area contributed by atoms with Crippen molar-refractivity contribution in [2.24, 2.45) is 0 Å². The summed E-state index contributed by atoms with van der Waals surface area (Å²) in [5.74, 6) is 0.678. The van der Waals surface area contributed by atoms with Gasteiger partial charge < -0.3 is 33.8 Å². The molecule has 3 aromatic rings. The van der Waals surface area contributed by atoms with Crippen molar-refractivity contribution in [3.05, 3.63) is 50.8 Å². The SMILES string of the molecule is CCN(c1cc2oc(CN3CCOCC3)nc2c(C(=O)NCc2c(OC)cc(C)[nH]c2=O)c1C)C1CCOCC1. The van der Waals surface area contributed by atoms with E-state index in [0.29, 0.717) is 78.6 Å². The molecular formula is C29H39N5O6. The first-order valence-electron chi connectivity index (χ1n) is 14.0. The normalized spacial score (nSPS) is 16.8. The molecule has 0 radical (unpaired) electrons. The third-order valence-electron chi connectivity index (χ3n) is 7.81. The van der Waals surface area contributed by atoms with Crippen molar-refractivity contribution >= 4 is 22.7 Å². The molecule has 11 nitrogen and oxygen atoms in total. The number of nitrogens with one attached hydrogen (secondary N) is 2. The number of carbonyl (C=O) groups excluding carboxylic acids is 1. The standard InChI is InChI=1S/C29H39N5O6/c1-5-34(20-6-10-38-11-7-20)22-15-24-27(32-25(40-24)17-33-8-12-39-13-9-33)26(19(22)3)29(36)30-16-21-23(37-4)14-18(2)31-28(21)35/h14-15,20H,5-13,16-17H2,1-4H3,(H,30,36)(H,31,35). The number of hydrogen-bond acceptors (Lipinski definition) is 9. The Balaban J connectivity index is 1.52. The first-order chi connectivity index (χ1) is 19.4. The van der Waals surface area contributed by atoms with E-state index in [9.17, 15) is 9.59 Å². The minimum absolute atomic E-state index is 0.0126. The Morgan fingerprint density at radius 2 is 1.90 bits per heavy atom. The lowest BCUT2D eigenvalue weighted by Crippen LogP contribution is -2.40. The fourth-order valence-corrected chi connectivity index (χ4v) is 5.70. The number of fused-ring (bicyclic) bond motifs is 1. The minimum Gasteiger partial charge on any atom is -0.496 e. The number of aryl methyl sites for hydroxylation is 1. The number of rotatable bonds is 9. The molecule has 40 heavy (non-hydrogen) atoms. The van der Waals surface area contributed by atoms with Crippen LogP contribution in [0, 0.1) is 13.8 Å². The van der Waals surface area contributed by atoms with Crippen LogP contribution in [0.5, 0.6) is 5.75 Å². The van der Waals surface area contributed by atoms with Crippen LogP contribution in [0.2, 0.25) is 0 Å². The van der Waals surface area contributed by atoms with Gasteiger partial charge in [0.25, 0.3) is 11.5 Å². The molecule has 0 aliphatic carbocycles. The first kappa shape index (κ1) is 28.1. The summed E-state index contributed by atoms with van der Waals surface area (Å²) in [4.78, 5) is 38.7. The molecule has 1 aromatic carbocycles. The van der Waals surface area contributed by atoms with E-state index in [2.05, 4.69) is 27.0 Å². The van der Waals surface area contributed by atoms with E-state index < -0.39 is 0 Å². The Labute approximate surface area is 233 Å². The van der Waals surface area contributed by atoms with E-state index in [4.69, 9.17) is 23.6 Å². The van der Waals surface area contributed by atoms with Gasteiger partial charge in [-0.15, -0.1) is 0 Å². The van der Waals surface area contributed by atoms with Gasteiger partial charge in [0, 0.05) is 56.3 Å². The number of anilines is 1. The van der Waals surface area contributed by atoms with Crippen LogP contribution in [0.4, 0.5) is 5.69 Å². The Hall–Kier alpha value is -3.41. The quantitative estimate of drug-likeness (QED) is 0.412. The summed E-state index contributed by atoms with van der Waals surface area (Å²) in [6.45, 7) is 11.6. The highest BCUT2D eigenvalue weighted by Gasteiger charge is 2.28. The molecule has 11 heteroatoms. The lowest BCUT2D eigenvalue weighted by Gasteiger charge is -2.36. The zero-order chi connectivity index (χ0) is 28.2. The molecule has 0 bridgehead atoms. The van der Waals surface area contributed by atoms with Gasteiger partial charge in [-0.1, -0.05) is 0 Å². The molecule has 0 unspecified atom stereocenters. The molecule has 216 valence electrons. The molecule has 0 spiro atoms. The third kappa shape index (κ3) is 5.86. The van der Waals surface area contributed by atoms with Crippen molar-refractivity contribution in [1.29, 1.82) is 0 Å². The Bertz CT molecular complexity index is 1400. The number of aromatic amines is 1. The second-order valence-corrected chi connectivity index (χ2v) is 10.4. The van der Waals surface area contributed by atoms with E-state index in [0.717, 1.165) is 43.7 Å². The minimum atomic E-state index is -0.319. The van der Waals surface area contributed by atoms with Crippen LogP contribution >= 0.6 is 0 Å². The van der Waals surface area contributed by atoms with Gasteiger partial charge in [0.05, 0.1) is 44.5 Å². The van der Waals surface area contributed by atoms with Gasteiger partial charge in [0.2, 0.25) is 5.89 Å². The Morgan fingerprint density at radius 1 is 1.18 bits per heavy atom. The first-order valence-corrected chi connectivity index (χ1v) is 14.0. The van der Waals surface area contributed by atoms with Crippen molar-refractivity contribution in [3.63, 3.8) is 0 Å². The number of aromatic nitrogens is 2. The van der Waals surface area contributed by atoms with Crippen LogP contribution < -0.4 is 20.5 Å². The van der Waals surface area contributed by atoms with Crippen LogP contribution in [-0.4, -0.2) is 80.0 Å². The average Bonchev–Trinajstić information content (AvgIpc) is 3.35. The number of benzene rings is 1. The van der Waals surface area contributed by atoms with Crippen LogP contribution in [-0.2, 0) is 22.6 Å². The van der Waals surface area contributed by atoms with E-state index in [1.165, 1.54) is 7.11 Å². The average molecular weight is 554 g/mol. The predicted molar refractivity (Wildman–Crippen MR) is 151 cm³/mol. The number of nitrogens with zero attached hydrogens (tertiary/aromatic N) is 3. The molecule has 0 atom stereocenters. The fourth-order valence-electron chi connectivity index (χ4n) is 5.70. The van der Waals surface area contributed by atoms with E-state index in [1.807, 2.05) is 13.0 Å². The molecule has 5 rings (SSSR count). The van der Waals surface area contributed by atoms with Gasteiger partial charge >= 0.3 is 0 Å². The number of hydrogen-bond donors (Lipinski definition) is 2. The molecule has 2 fully saturated rings. The maximum absolute atomic E-state index is 13.9. The van der Waals surface area contributed by atoms with E-state index in [-0.39, 0.29) is 18.0 Å².